The summed E-state index contributed by atoms with van der Waals surface area (Å²) in [6.07, 6.45) is 6.88. The van der Waals surface area contributed by atoms with Crippen molar-refractivity contribution in [3.63, 3.8) is 0 Å². The fourth-order valence-electron chi connectivity index (χ4n) is 3.21. The summed E-state index contributed by atoms with van der Waals surface area (Å²) in [6, 6.07) is 0. The third-order valence-electron chi connectivity index (χ3n) is 4.66. The predicted molar refractivity (Wildman–Crippen MR) is 68.5 cm³/mol. The van der Waals surface area contributed by atoms with Gasteiger partial charge in [-0.25, -0.2) is 8.42 Å². The van der Waals surface area contributed by atoms with Gasteiger partial charge in [0, 0.05) is 6.26 Å². The van der Waals surface area contributed by atoms with Gasteiger partial charge in [0.2, 0.25) is 0 Å². The van der Waals surface area contributed by atoms with Crippen LogP contribution < -0.4 is 0 Å². The topological polar surface area (TPSA) is 54.4 Å². The van der Waals surface area contributed by atoms with E-state index in [2.05, 4.69) is 6.92 Å². The molecule has 1 N–H and O–H groups in total. The van der Waals surface area contributed by atoms with Crippen LogP contribution in [0.2, 0.25) is 0 Å². The van der Waals surface area contributed by atoms with Crippen molar-refractivity contribution in [2.45, 2.75) is 56.8 Å². The molecule has 0 aliphatic heterocycles. The maximum absolute atomic E-state index is 11.6. The van der Waals surface area contributed by atoms with Gasteiger partial charge in [-0.1, -0.05) is 13.3 Å². The molecule has 4 atom stereocenters. The van der Waals surface area contributed by atoms with Crippen molar-refractivity contribution in [1.82, 2.24) is 0 Å². The first-order valence-electron chi connectivity index (χ1n) is 6.76. The second kappa shape index (κ2) is 4.88. The molecule has 0 spiro atoms. The second-order valence-corrected chi connectivity index (χ2v) is 8.39. The number of aliphatic hydroxyl groups excluding tert-OH is 1. The minimum absolute atomic E-state index is 0.194. The Morgan fingerprint density at radius 3 is 2.29 bits per heavy atom. The van der Waals surface area contributed by atoms with Crippen LogP contribution in [0.4, 0.5) is 0 Å². The third kappa shape index (κ3) is 3.22. The Labute approximate surface area is 105 Å². The highest BCUT2D eigenvalue weighted by molar-refractivity contribution is 7.91. The van der Waals surface area contributed by atoms with Crippen LogP contribution in [0.25, 0.3) is 0 Å². The summed E-state index contributed by atoms with van der Waals surface area (Å²) in [7, 11) is -2.93. The molecule has 0 saturated heterocycles. The molecule has 2 aliphatic rings. The molecule has 4 unspecified atom stereocenters. The van der Waals surface area contributed by atoms with E-state index in [1.807, 2.05) is 0 Å². The van der Waals surface area contributed by atoms with Crippen LogP contribution >= 0.6 is 0 Å². The Balaban J connectivity index is 1.96. The lowest BCUT2D eigenvalue weighted by Gasteiger charge is -2.34. The molecule has 0 aromatic carbocycles. The highest BCUT2D eigenvalue weighted by Gasteiger charge is 2.39. The summed E-state index contributed by atoms with van der Waals surface area (Å²) in [4.78, 5) is 0. The molecule has 0 aromatic rings. The molecule has 4 heteroatoms. The smallest absolute Gasteiger partial charge is 0.150 e. The Hall–Kier alpha value is -0.0900. The van der Waals surface area contributed by atoms with E-state index in [1.54, 1.807) is 0 Å². The molecule has 0 aromatic heterocycles. The first-order chi connectivity index (χ1) is 7.89. The van der Waals surface area contributed by atoms with Gasteiger partial charge in [0.05, 0.1) is 11.4 Å². The summed E-state index contributed by atoms with van der Waals surface area (Å²) in [5.41, 5.74) is 0. The van der Waals surface area contributed by atoms with Gasteiger partial charge in [-0.05, 0) is 49.9 Å². The van der Waals surface area contributed by atoms with E-state index in [-0.39, 0.29) is 17.3 Å². The summed E-state index contributed by atoms with van der Waals surface area (Å²) in [5, 5.41) is 10.1. The zero-order chi connectivity index (χ0) is 12.6. The Morgan fingerprint density at radius 1 is 1.12 bits per heavy atom. The van der Waals surface area contributed by atoms with E-state index in [4.69, 9.17) is 0 Å². The van der Waals surface area contributed by atoms with Crippen molar-refractivity contribution in [3.8, 4) is 0 Å². The lowest BCUT2D eigenvalue weighted by Crippen LogP contribution is -2.36. The third-order valence-corrected chi connectivity index (χ3v) is 6.30. The Kier molecular flexibility index (Phi) is 3.83. The molecular weight excluding hydrogens is 236 g/mol. The van der Waals surface area contributed by atoms with Gasteiger partial charge < -0.3 is 5.11 Å². The zero-order valence-corrected chi connectivity index (χ0v) is 11.6. The van der Waals surface area contributed by atoms with Crippen LogP contribution in [0.1, 0.15) is 45.4 Å². The molecule has 0 radical (unpaired) electrons. The highest BCUT2D eigenvalue weighted by Crippen LogP contribution is 2.42. The minimum Gasteiger partial charge on any atom is -0.393 e. The van der Waals surface area contributed by atoms with Crippen molar-refractivity contribution in [1.29, 1.82) is 0 Å². The zero-order valence-electron chi connectivity index (χ0n) is 10.8. The normalized spacial score (nSPS) is 34.3. The minimum atomic E-state index is -2.93. The molecule has 3 nitrogen and oxygen atoms in total. The van der Waals surface area contributed by atoms with Crippen LogP contribution in [0.5, 0.6) is 0 Å². The molecule has 0 heterocycles. The van der Waals surface area contributed by atoms with Gasteiger partial charge in [-0.3, -0.25) is 0 Å². The van der Waals surface area contributed by atoms with Crippen molar-refractivity contribution < 1.29 is 13.5 Å². The molecule has 2 rings (SSSR count). The molecule has 2 fully saturated rings. The molecule has 2 aliphatic carbocycles. The standard InChI is InChI=1S/C13H24O3S/c1-9(10-6-7-10)13(14)11-4-3-5-12(8-11)17(2,15)16/h9-14H,3-8H2,1-2H3. The van der Waals surface area contributed by atoms with Crippen molar-refractivity contribution in [2.75, 3.05) is 6.26 Å². The average Bonchev–Trinajstić information content (AvgIpc) is 3.10. The fourth-order valence-corrected chi connectivity index (χ4v) is 4.40. The van der Waals surface area contributed by atoms with Crippen LogP contribution in [-0.4, -0.2) is 31.1 Å². The quantitative estimate of drug-likeness (QED) is 0.841. The first kappa shape index (κ1) is 13.3. The van der Waals surface area contributed by atoms with E-state index in [1.165, 1.54) is 19.1 Å². The summed E-state index contributed by atoms with van der Waals surface area (Å²) < 4.78 is 23.2. The lowest BCUT2D eigenvalue weighted by molar-refractivity contribution is 0.0324. The SMILES string of the molecule is CC(C1CC1)C(O)C1CCCC(S(C)(=O)=O)C1. The van der Waals surface area contributed by atoms with Crippen LogP contribution in [0.3, 0.4) is 0 Å². The van der Waals surface area contributed by atoms with Gasteiger partial charge in [0.1, 0.15) is 9.84 Å². The second-order valence-electron chi connectivity index (χ2n) is 6.07. The maximum Gasteiger partial charge on any atom is 0.150 e. The number of hydrogen-bond acceptors (Lipinski definition) is 3. The van der Waals surface area contributed by atoms with E-state index >= 15 is 0 Å². The van der Waals surface area contributed by atoms with E-state index in [9.17, 15) is 13.5 Å². The Morgan fingerprint density at radius 2 is 1.76 bits per heavy atom. The van der Waals surface area contributed by atoms with Crippen LogP contribution in [0.15, 0.2) is 0 Å². The predicted octanol–water partition coefficient (Wildman–Crippen LogP) is 2.00. The number of aliphatic hydroxyl groups is 1. The van der Waals surface area contributed by atoms with Gasteiger partial charge in [0.25, 0.3) is 0 Å². The molecular formula is C13H24O3S. The largest absolute Gasteiger partial charge is 0.393 e. The molecule has 0 bridgehead atoms. The summed E-state index contributed by atoms with van der Waals surface area (Å²) in [6.45, 7) is 2.12. The molecule has 2 saturated carbocycles. The van der Waals surface area contributed by atoms with Gasteiger partial charge in [-0.15, -0.1) is 0 Å². The number of sulfone groups is 1. The first-order valence-corrected chi connectivity index (χ1v) is 8.72. The number of hydrogen-bond donors (Lipinski definition) is 1. The molecule has 0 amide bonds. The number of rotatable bonds is 4. The summed E-state index contributed by atoms with van der Waals surface area (Å²) in [5.74, 6) is 1.22. The van der Waals surface area contributed by atoms with Crippen LogP contribution in [-0.2, 0) is 9.84 Å². The van der Waals surface area contributed by atoms with Crippen LogP contribution in [0, 0.1) is 17.8 Å². The van der Waals surface area contributed by atoms with E-state index < -0.39 is 9.84 Å². The van der Waals surface area contributed by atoms with E-state index in [0.29, 0.717) is 18.3 Å². The maximum atomic E-state index is 11.6. The van der Waals surface area contributed by atoms with Gasteiger partial charge >= 0.3 is 0 Å². The van der Waals surface area contributed by atoms with Gasteiger partial charge in [-0.2, -0.15) is 0 Å². The van der Waals surface area contributed by atoms with Crippen molar-refractivity contribution in [3.05, 3.63) is 0 Å². The highest BCUT2D eigenvalue weighted by atomic mass is 32.2. The lowest BCUT2D eigenvalue weighted by atomic mass is 9.79. The average molecular weight is 260 g/mol. The monoisotopic (exact) mass is 260 g/mol. The fraction of sp³-hybridized carbons (Fsp3) is 1.00. The van der Waals surface area contributed by atoms with Crippen molar-refractivity contribution in [2.24, 2.45) is 17.8 Å². The summed E-state index contributed by atoms with van der Waals surface area (Å²) >= 11 is 0. The molecule has 17 heavy (non-hydrogen) atoms. The van der Waals surface area contributed by atoms with Gasteiger partial charge in [0.15, 0.2) is 0 Å². The van der Waals surface area contributed by atoms with E-state index in [0.717, 1.165) is 19.3 Å². The molecule has 100 valence electrons. The Bertz CT molecular complexity index is 359. The van der Waals surface area contributed by atoms with Crippen molar-refractivity contribution >= 4 is 9.84 Å².